The molecule has 0 atom stereocenters. The third-order valence-electron chi connectivity index (χ3n) is 4.71. The molecular formula is C19H21BrFN3O4S. The Morgan fingerprint density at radius 3 is 2.72 bits per heavy atom. The highest BCUT2D eigenvalue weighted by atomic mass is 79.9. The van der Waals surface area contributed by atoms with Crippen LogP contribution in [-0.4, -0.2) is 49.5 Å². The third-order valence-corrected chi connectivity index (χ3v) is 6.63. The highest BCUT2D eigenvalue weighted by Crippen LogP contribution is 2.30. The Bertz CT molecular complexity index is 995. The van der Waals surface area contributed by atoms with Crippen molar-refractivity contribution in [3.05, 3.63) is 52.4 Å². The highest BCUT2D eigenvalue weighted by molar-refractivity contribution is 9.10. The summed E-state index contributed by atoms with van der Waals surface area (Å²) in [5, 5.41) is 2.87. The van der Waals surface area contributed by atoms with Gasteiger partial charge in [-0.05, 0) is 65.0 Å². The van der Waals surface area contributed by atoms with Gasteiger partial charge < -0.3 is 10.1 Å². The molecule has 0 bridgehead atoms. The van der Waals surface area contributed by atoms with Gasteiger partial charge in [0.25, 0.3) is 5.91 Å². The molecule has 2 aromatic rings. The number of ether oxygens (including phenoxy) is 1. The lowest BCUT2D eigenvalue weighted by Crippen LogP contribution is -2.41. The maximum Gasteiger partial charge on any atom is 0.256 e. The molecule has 1 saturated heterocycles. The average molecular weight is 486 g/mol. The first kappa shape index (κ1) is 21.7. The SMILES string of the molecule is CS(=O)(=O)N1CCC(CNC(=O)c2cccnc2Oc2ccc(F)cc2Br)CC1. The quantitative estimate of drug-likeness (QED) is 0.678. The Morgan fingerprint density at radius 1 is 1.34 bits per heavy atom. The number of hydrogen-bond acceptors (Lipinski definition) is 5. The molecule has 0 aliphatic carbocycles. The normalized spacial score (nSPS) is 15.8. The molecule has 0 unspecified atom stereocenters. The Hall–Kier alpha value is -2.04. The maximum absolute atomic E-state index is 13.3. The number of aromatic nitrogens is 1. The van der Waals surface area contributed by atoms with E-state index in [1.54, 1.807) is 12.1 Å². The van der Waals surface area contributed by atoms with Crippen LogP contribution in [0.1, 0.15) is 23.2 Å². The molecule has 29 heavy (non-hydrogen) atoms. The van der Waals surface area contributed by atoms with Gasteiger partial charge in [0.15, 0.2) is 0 Å². The summed E-state index contributed by atoms with van der Waals surface area (Å²) in [4.78, 5) is 16.8. The number of nitrogens with one attached hydrogen (secondary N) is 1. The summed E-state index contributed by atoms with van der Waals surface area (Å²) in [6, 6.07) is 7.20. The van der Waals surface area contributed by atoms with Crippen molar-refractivity contribution < 1.29 is 22.3 Å². The predicted octanol–water partition coefficient (Wildman–Crippen LogP) is 3.18. The Kier molecular flexibility index (Phi) is 6.86. The first-order chi connectivity index (χ1) is 13.7. The average Bonchev–Trinajstić information content (AvgIpc) is 2.68. The third kappa shape index (κ3) is 5.74. The van der Waals surface area contributed by atoms with Crippen LogP contribution in [-0.2, 0) is 10.0 Å². The summed E-state index contributed by atoms with van der Waals surface area (Å²) in [7, 11) is -3.17. The van der Waals surface area contributed by atoms with Gasteiger partial charge in [-0.15, -0.1) is 0 Å². The second-order valence-corrected chi connectivity index (χ2v) is 9.69. The van der Waals surface area contributed by atoms with Gasteiger partial charge >= 0.3 is 0 Å². The minimum Gasteiger partial charge on any atom is -0.437 e. The van der Waals surface area contributed by atoms with E-state index in [4.69, 9.17) is 4.74 Å². The van der Waals surface area contributed by atoms with E-state index in [0.29, 0.717) is 42.7 Å². The molecule has 0 radical (unpaired) electrons. The zero-order chi connectivity index (χ0) is 21.0. The van der Waals surface area contributed by atoms with E-state index >= 15 is 0 Å². The zero-order valence-corrected chi connectivity index (χ0v) is 18.2. The standard InChI is InChI=1S/C19H21BrFN3O4S/c1-29(26,27)24-9-6-13(7-10-24)12-23-18(25)15-3-2-8-22-19(15)28-17-5-4-14(21)11-16(17)20/h2-5,8,11,13H,6-7,9-10,12H2,1H3,(H,23,25). The van der Waals surface area contributed by atoms with Crippen molar-refractivity contribution in [2.75, 3.05) is 25.9 Å². The van der Waals surface area contributed by atoms with Crippen LogP contribution in [0.5, 0.6) is 11.6 Å². The summed E-state index contributed by atoms with van der Waals surface area (Å²) < 4.78 is 44.0. The molecule has 1 aliphatic heterocycles. The molecule has 1 fully saturated rings. The largest absolute Gasteiger partial charge is 0.437 e. The molecule has 1 aromatic carbocycles. The van der Waals surface area contributed by atoms with Gasteiger partial charge in [-0.2, -0.15) is 0 Å². The molecule has 1 N–H and O–H groups in total. The lowest BCUT2D eigenvalue weighted by molar-refractivity contribution is 0.0938. The van der Waals surface area contributed by atoms with Gasteiger partial charge in [-0.3, -0.25) is 4.79 Å². The van der Waals surface area contributed by atoms with Gasteiger partial charge in [0.05, 0.1) is 10.7 Å². The molecule has 0 spiro atoms. The smallest absolute Gasteiger partial charge is 0.256 e. The van der Waals surface area contributed by atoms with Crippen molar-refractivity contribution in [2.45, 2.75) is 12.8 Å². The van der Waals surface area contributed by atoms with E-state index in [1.807, 2.05) is 0 Å². The summed E-state index contributed by atoms with van der Waals surface area (Å²) in [6.07, 6.45) is 4.08. The number of hydrogen-bond donors (Lipinski definition) is 1. The van der Waals surface area contributed by atoms with Crippen molar-refractivity contribution in [3.8, 4) is 11.6 Å². The van der Waals surface area contributed by atoms with E-state index in [0.717, 1.165) is 0 Å². The van der Waals surface area contributed by atoms with E-state index in [9.17, 15) is 17.6 Å². The topological polar surface area (TPSA) is 88.6 Å². The summed E-state index contributed by atoms with van der Waals surface area (Å²) >= 11 is 3.23. The number of halogens is 2. The number of pyridine rings is 1. The number of carbonyl (C=O) groups excluding carboxylic acids is 1. The van der Waals surface area contributed by atoms with Crippen molar-refractivity contribution in [2.24, 2.45) is 5.92 Å². The first-order valence-corrected chi connectivity index (χ1v) is 11.7. The maximum atomic E-state index is 13.3. The Balaban J connectivity index is 1.62. The van der Waals surface area contributed by atoms with Gasteiger partial charge in [-0.25, -0.2) is 22.1 Å². The fourth-order valence-corrected chi connectivity index (χ4v) is 4.39. The van der Waals surface area contributed by atoms with E-state index in [2.05, 4.69) is 26.2 Å². The molecular weight excluding hydrogens is 465 g/mol. The molecule has 10 heteroatoms. The van der Waals surface area contributed by atoms with Crippen LogP contribution < -0.4 is 10.1 Å². The zero-order valence-electron chi connectivity index (χ0n) is 15.8. The summed E-state index contributed by atoms with van der Waals surface area (Å²) in [6.45, 7) is 1.35. The van der Waals surface area contributed by atoms with Crippen LogP contribution in [0.25, 0.3) is 0 Å². The fourth-order valence-electron chi connectivity index (χ4n) is 3.08. The molecule has 3 rings (SSSR count). The van der Waals surface area contributed by atoms with Gasteiger partial charge in [-0.1, -0.05) is 0 Å². The van der Waals surface area contributed by atoms with Gasteiger partial charge in [0, 0.05) is 25.8 Å². The van der Waals surface area contributed by atoms with Crippen LogP contribution in [0.2, 0.25) is 0 Å². The molecule has 1 aromatic heterocycles. The van der Waals surface area contributed by atoms with E-state index < -0.39 is 15.8 Å². The van der Waals surface area contributed by atoms with Gasteiger partial charge in [0.1, 0.15) is 17.1 Å². The first-order valence-electron chi connectivity index (χ1n) is 9.05. The molecule has 7 nitrogen and oxygen atoms in total. The van der Waals surface area contributed by atoms with Crippen molar-refractivity contribution in [3.63, 3.8) is 0 Å². The molecule has 156 valence electrons. The number of nitrogens with zero attached hydrogens (tertiary/aromatic N) is 2. The predicted molar refractivity (Wildman–Crippen MR) is 110 cm³/mol. The van der Waals surface area contributed by atoms with Crippen LogP contribution >= 0.6 is 15.9 Å². The van der Waals surface area contributed by atoms with Crippen LogP contribution in [0.15, 0.2) is 41.0 Å². The number of benzene rings is 1. The summed E-state index contributed by atoms with van der Waals surface area (Å²) in [5.41, 5.74) is 0.261. The van der Waals surface area contributed by atoms with Crippen LogP contribution in [0.4, 0.5) is 4.39 Å². The highest BCUT2D eigenvalue weighted by Gasteiger charge is 2.25. The Labute approximate surface area is 177 Å². The number of carbonyl (C=O) groups is 1. The van der Waals surface area contributed by atoms with Crippen molar-refractivity contribution in [1.29, 1.82) is 0 Å². The minimum absolute atomic E-state index is 0.115. The molecule has 0 saturated carbocycles. The number of sulfonamides is 1. The van der Waals surface area contributed by atoms with Crippen molar-refractivity contribution >= 4 is 31.9 Å². The Morgan fingerprint density at radius 2 is 2.07 bits per heavy atom. The van der Waals surface area contributed by atoms with Crippen LogP contribution in [0, 0.1) is 11.7 Å². The second kappa shape index (κ2) is 9.19. The van der Waals surface area contributed by atoms with Crippen LogP contribution in [0.3, 0.4) is 0 Å². The monoisotopic (exact) mass is 485 g/mol. The summed E-state index contributed by atoms with van der Waals surface area (Å²) in [5.74, 6) is -0.0947. The lowest BCUT2D eigenvalue weighted by Gasteiger charge is -2.30. The van der Waals surface area contributed by atoms with Crippen molar-refractivity contribution in [1.82, 2.24) is 14.6 Å². The lowest BCUT2D eigenvalue weighted by atomic mass is 9.98. The number of piperidine rings is 1. The van der Waals surface area contributed by atoms with E-state index in [-0.39, 0.29) is 23.3 Å². The van der Waals surface area contributed by atoms with Gasteiger partial charge in [0.2, 0.25) is 15.9 Å². The van der Waals surface area contributed by atoms with E-state index in [1.165, 1.54) is 35.0 Å². The minimum atomic E-state index is -3.17. The number of amides is 1. The molecule has 1 aliphatic rings. The fraction of sp³-hybridized carbons (Fsp3) is 0.368. The second-order valence-electron chi connectivity index (χ2n) is 6.85. The number of rotatable bonds is 6. The molecule has 2 heterocycles. The molecule has 1 amide bonds.